The lowest BCUT2D eigenvalue weighted by molar-refractivity contribution is 0.0857. The average Bonchev–Trinajstić information content (AvgIpc) is 2.73. The standard InChI is InChI=1S/C10H13NO4/c1-12-8-3-7(5-11-13-2)10-9(4-8)14-6-15-10/h3-4,11H,5-6H2,1-2H3. The molecular weight excluding hydrogens is 198 g/mol. The van der Waals surface area contributed by atoms with Crippen LogP contribution in [-0.2, 0) is 11.4 Å². The van der Waals surface area contributed by atoms with Crippen LogP contribution in [0.5, 0.6) is 17.2 Å². The maximum Gasteiger partial charge on any atom is 0.231 e. The van der Waals surface area contributed by atoms with E-state index in [1.165, 1.54) is 0 Å². The Labute approximate surface area is 87.8 Å². The van der Waals surface area contributed by atoms with Gasteiger partial charge in [0.15, 0.2) is 11.5 Å². The average molecular weight is 211 g/mol. The molecular formula is C10H13NO4. The molecule has 0 fully saturated rings. The Hall–Kier alpha value is -1.46. The second-order valence-electron chi connectivity index (χ2n) is 3.05. The molecule has 0 aliphatic carbocycles. The summed E-state index contributed by atoms with van der Waals surface area (Å²) in [4.78, 5) is 4.79. The van der Waals surface area contributed by atoms with Crippen LogP contribution in [0.4, 0.5) is 0 Å². The minimum absolute atomic E-state index is 0.252. The fourth-order valence-corrected chi connectivity index (χ4v) is 1.45. The van der Waals surface area contributed by atoms with Crippen molar-refractivity contribution in [2.45, 2.75) is 6.54 Å². The first-order valence-electron chi connectivity index (χ1n) is 4.57. The maximum absolute atomic E-state index is 5.35. The summed E-state index contributed by atoms with van der Waals surface area (Å²) >= 11 is 0. The minimum atomic E-state index is 0.252. The highest BCUT2D eigenvalue weighted by Gasteiger charge is 2.19. The van der Waals surface area contributed by atoms with Gasteiger partial charge in [-0.05, 0) is 6.07 Å². The topological polar surface area (TPSA) is 49.0 Å². The van der Waals surface area contributed by atoms with Crippen LogP contribution in [-0.4, -0.2) is 21.0 Å². The molecule has 2 rings (SSSR count). The van der Waals surface area contributed by atoms with Gasteiger partial charge in [0.25, 0.3) is 0 Å². The number of hydroxylamine groups is 1. The van der Waals surface area contributed by atoms with Crippen LogP contribution in [0.2, 0.25) is 0 Å². The van der Waals surface area contributed by atoms with Crippen molar-refractivity contribution in [3.8, 4) is 17.2 Å². The Kier molecular flexibility index (Phi) is 2.94. The Morgan fingerprint density at radius 2 is 2.20 bits per heavy atom. The zero-order valence-corrected chi connectivity index (χ0v) is 8.70. The molecule has 1 aliphatic rings. The van der Waals surface area contributed by atoms with Gasteiger partial charge in [0.1, 0.15) is 5.75 Å². The van der Waals surface area contributed by atoms with E-state index in [1.54, 1.807) is 20.3 Å². The van der Waals surface area contributed by atoms with Crippen molar-refractivity contribution in [3.05, 3.63) is 17.7 Å². The van der Waals surface area contributed by atoms with Gasteiger partial charge in [-0.2, -0.15) is 5.48 Å². The van der Waals surface area contributed by atoms with E-state index in [0.717, 1.165) is 17.1 Å². The summed E-state index contributed by atoms with van der Waals surface area (Å²) in [5, 5.41) is 0. The van der Waals surface area contributed by atoms with E-state index in [2.05, 4.69) is 5.48 Å². The first-order valence-corrected chi connectivity index (χ1v) is 4.57. The zero-order valence-electron chi connectivity index (χ0n) is 8.70. The summed E-state index contributed by atoms with van der Waals surface area (Å²) in [7, 11) is 3.18. The normalized spacial score (nSPS) is 12.9. The summed E-state index contributed by atoms with van der Waals surface area (Å²) in [5.41, 5.74) is 3.70. The largest absolute Gasteiger partial charge is 0.497 e. The molecule has 15 heavy (non-hydrogen) atoms. The first-order chi connectivity index (χ1) is 7.35. The summed E-state index contributed by atoms with van der Waals surface area (Å²) in [6, 6.07) is 3.69. The number of hydrogen-bond acceptors (Lipinski definition) is 5. The van der Waals surface area contributed by atoms with Gasteiger partial charge in [0.2, 0.25) is 6.79 Å². The van der Waals surface area contributed by atoms with Crippen LogP contribution in [0.15, 0.2) is 12.1 Å². The van der Waals surface area contributed by atoms with Crippen molar-refractivity contribution >= 4 is 0 Å². The smallest absolute Gasteiger partial charge is 0.231 e. The number of rotatable bonds is 4. The predicted octanol–water partition coefficient (Wildman–Crippen LogP) is 1.07. The molecule has 0 unspecified atom stereocenters. The van der Waals surface area contributed by atoms with Gasteiger partial charge in [-0.1, -0.05) is 0 Å². The van der Waals surface area contributed by atoms with E-state index >= 15 is 0 Å². The van der Waals surface area contributed by atoms with Crippen LogP contribution in [0.3, 0.4) is 0 Å². The summed E-state index contributed by atoms with van der Waals surface area (Å²) in [6.07, 6.45) is 0. The maximum atomic E-state index is 5.35. The molecule has 5 heteroatoms. The Bertz CT molecular complexity index is 354. The molecule has 0 bridgehead atoms. The second-order valence-corrected chi connectivity index (χ2v) is 3.05. The molecule has 1 aromatic rings. The van der Waals surface area contributed by atoms with E-state index in [-0.39, 0.29) is 6.79 Å². The number of benzene rings is 1. The quantitative estimate of drug-likeness (QED) is 0.755. The van der Waals surface area contributed by atoms with E-state index < -0.39 is 0 Å². The van der Waals surface area contributed by atoms with Crippen molar-refractivity contribution in [1.29, 1.82) is 0 Å². The Balaban J connectivity index is 2.30. The van der Waals surface area contributed by atoms with Gasteiger partial charge in [0, 0.05) is 18.2 Å². The summed E-state index contributed by atoms with van der Waals surface area (Å²) in [5.74, 6) is 2.20. The molecule has 0 amide bonds. The van der Waals surface area contributed by atoms with E-state index in [0.29, 0.717) is 12.3 Å². The molecule has 0 saturated heterocycles. The molecule has 0 radical (unpaired) electrons. The number of ether oxygens (including phenoxy) is 3. The van der Waals surface area contributed by atoms with Gasteiger partial charge < -0.3 is 19.0 Å². The number of hydrogen-bond donors (Lipinski definition) is 1. The summed E-state index contributed by atoms with van der Waals surface area (Å²) in [6.45, 7) is 0.794. The van der Waals surface area contributed by atoms with Gasteiger partial charge >= 0.3 is 0 Å². The lowest BCUT2D eigenvalue weighted by atomic mass is 10.2. The van der Waals surface area contributed by atoms with Crippen molar-refractivity contribution in [1.82, 2.24) is 5.48 Å². The monoisotopic (exact) mass is 211 g/mol. The lowest BCUT2D eigenvalue weighted by Gasteiger charge is -2.08. The second kappa shape index (κ2) is 4.37. The first kappa shape index (κ1) is 10.1. The molecule has 1 heterocycles. The Morgan fingerprint density at radius 1 is 1.33 bits per heavy atom. The van der Waals surface area contributed by atoms with Crippen molar-refractivity contribution in [3.63, 3.8) is 0 Å². The van der Waals surface area contributed by atoms with Crippen LogP contribution in [0.1, 0.15) is 5.56 Å². The highest BCUT2D eigenvalue weighted by molar-refractivity contribution is 5.53. The van der Waals surface area contributed by atoms with Gasteiger partial charge in [-0.3, -0.25) is 0 Å². The van der Waals surface area contributed by atoms with Gasteiger partial charge in [0.05, 0.1) is 14.2 Å². The van der Waals surface area contributed by atoms with Crippen molar-refractivity contribution in [2.24, 2.45) is 0 Å². The predicted molar refractivity (Wildman–Crippen MR) is 53.0 cm³/mol. The van der Waals surface area contributed by atoms with E-state index in [9.17, 15) is 0 Å². The minimum Gasteiger partial charge on any atom is -0.497 e. The fourth-order valence-electron chi connectivity index (χ4n) is 1.45. The fraction of sp³-hybridized carbons (Fsp3) is 0.400. The lowest BCUT2D eigenvalue weighted by Crippen LogP contribution is -2.11. The molecule has 82 valence electrons. The molecule has 0 aromatic heterocycles. The van der Waals surface area contributed by atoms with Crippen LogP contribution < -0.4 is 19.7 Å². The highest BCUT2D eigenvalue weighted by atomic mass is 16.7. The van der Waals surface area contributed by atoms with Crippen LogP contribution in [0.25, 0.3) is 0 Å². The molecule has 0 atom stereocenters. The number of nitrogens with one attached hydrogen (secondary N) is 1. The Morgan fingerprint density at radius 3 is 2.93 bits per heavy atom. The van der Waals surface area contributed by atoms with Crippen LogP contribution in [0, 0.1) is 0 Å². The summed E-state index contributed by atoms with van der Waals surface area (Å²) < 4.78 is 15.8. The number of fused-ring (bicyclic) bond motifs is 1. The third kappa shape index (κ3) is 1.98. The molecule has 1 N–H and O–H groups in total. The SMILES string of the molecule is CONCc1cc(OC)cc2c1OCO2. The molecule has 0 spiro atoms. The van der Waals surface area contributed by atoms with Crippen molar-refractivity contribution < 1.29 is 19.0 Å². The third-order valence-corrected chi connectivity index (χ3v) is 2.17. The van der Waals surface area contributed by atoms with Crippen molar-refractivity contribution in [2.75, 3.05) is 21.0 Å². The van der Waals surface area contributed by atoms with E-state index in [1.807, 2.05) is 6.07 Å². The molecule has 0 saturated carbocycles. The zero-order chi connectivity index (χ0) is 10.7. The van der Waals surface area contributed by atoms with Crippen LogP contribution >= 0.6 is 0 Å². The molecule has 1 aliphatic heterocycles. The van der Waals surface area contributed by atoms with Gasteiger partial charge in [-0.15, -0.1) is 0 Å². The molecule has 5 nitrogen and oxygen atoms in total. The third-order valence-electron chi connectivity index (χ3n) is 2.17. The molecule has 1 aromatic carbocycles. The highest BCUT2D eigenvalue weighted by Crippen LogP contribution is 2.39. The van der Waals surface area contributed by atoms with E-state index in [4.69, 9.17) is 19.0 Å². The van der Waals surface area contributed by atoms with Gasteiger partial charge in [-0.25, -0.2) is 0 Å². The number of methoxy groups -OCH3 is 1.